The second-order valence-electron chi connectivity index (χ2n) is 4.59. The highest BCUT2D eigenvalue weighted by molar-refractivity contribution is 5.27. The molecular formula is C15H15F3N2O. The molecule has 0 radical (unpaired) electrons. The summed E-state index contributed by atoms with van der Waals surface area (Å²) in [6.45, 7) is 0.592. The van der Waals surface area contributed by atoms with Crippen molar-refractivity contribution in [3.05, 3.63) is 65.5 Å². The lowest BCUT2D eigenvalue weighted by molar-refractivity contribution is -0.137. The monoisotopic (exact) mass is 296 g/mol. The zero-order valence-electron chi connectivity index (χ0n) is 11.1. The fourth-order valence-corrected chi connectivity index (χ4v) is 1.88. The Labute approximate surface area is 120 Å². The van der Waals surface area contributed by atoms with Gasteiger partial charge in [0.15, 0.2) is 0 Å². The molecule has 0 aliphatic rings. The van der Waals surface area contributed by atoms with Crippen LogP contribution in [0.1, 0.15) is 22.9 Å². The van der Waals surface area contributed by atoms with Crippen LogP contribution < -0.4 is 5.32 Å². The third-order valence-electron chi connectivity index (χ3n) is 2.97. The first-order valence-electron chi connectivity index (χ1n) is 6.42. The fourth-order valence-electron chi connectivity index (χ4n) is 1.88. The zero-order valence-corrected chi connectivity index (χ0v) is 11.1. The fraction of sp³-hybridized carbons (Fsp3) is 0.267. The van der Waals surface area contributed by atoms with Crippen LogP contribution in [0.4, 0.5) is 13.2 Å². The largest absolute Gasteiger partial charge is 0.416 e. The summed E-state index contributed by atoms with van der Waals surface area (Å²) >= 11 is 0. The number of rotatable bonds is 5. The van der Waals surface area contributed by atoms with Crippen LogP contribution in [0, 0.1) is 0 Å². The van der Waals surface area contributed by atoms with Crippen LogP contribution in [-0.4, -0.2) is 16.6 Å². The number of aliphatic hydroxyl groups is 1. The molecule has 2 rings (SSSR count). The van der Waals surface area contributed by atoms with Crippen molar-refractivity contribution in [2.45, 2.75) is 18.8 Å². The van der Waals surface area contributed by atoms with Crippen molar-refractivity contribution in [3.8, 4) is 0 Å². The molecule has 0 fully saturated rings. The number of alkyl halides is 3. The maximum Gasteiger partial charge on any atom is 0.416 e. The minimum atomic E-state index is -4.41. The smallest absolute Gasteiger partial charge is 0.387 e. The van der Waals surface area contributed by atoms with Gasteiger partial charge in [-0.15, -0.1) is 0 Å². The highest BCUT2D eigenvalue weighted by Crippen LogP contribution is 2.30. The molecule has 0 aliphatic heterocycles. The number of benzene rings is 1. The quantitative estimate of drug-likeness (QED) is 0.891. The van der Waals surface area contributed by atoms with Crippen LogP contribution >= 0.6 is 0 Å². The number of aromatic nitrogens is 1. The highest BCUT2D eigenvalue weighted by Gasteiger charge is 2.30. The van der Waals surface area contributed by atoms with Gasteiger partial charge in [0.1, 0.15) is 0 Å². The third-order valence-corrected chi connectivity index (χ3v) is 2.97. The molecule has 0 aliphatic carbocycles. The van der Waals surface area contributed by atoms with Gasteiger partial charge < -0.3 is 10.4 Å². The van der Waals surface area contributed by atoms with Crippen molar-refractivity contribution in [2.75, 3.05) is 6.54 Å². The van der Waals surface area contributed by atoms with Crippen molar-refractivity contribution in [1.82, 2.24) is 10.3 Å². The van der Waals surface area contributed by atoms with Gasteiger partial charge in [0.2, 0.25) is 0 Å². The van der Waals surface area contributed by atoms with Crippen molar-refractivity contribution in [3.63, 3.8) is 0 Å². The number of hydrogen-bond donors (Lipinski definition) is 2. The maximum absolute atomic E-state index is 12.6. The molecule has 0 bridgehead atoms. The van der Waals surface area contributed by atoms with Crippen molar-refractivity contribution < 1.29 is 18.3 Å². The van der Waals surface area contributed by atoms with Gasteiger partial charge in [-0.3, -0.25) is 4.98 Å². The van der Waals surface area contributed by atoms with Gasteiger partial charge in [-0.05, 0) is 29.8 Å². The molecule has 3 nitrogen and oxygen atoms in total. The normalized spacial score (nSPS) is 13.1. The number of pyridine rings is 1. The van der Waals surface area contributed by atoms with Gasteiger partial charge in [0, 0.05) is 19.3 Å². The van der Waals surface area contributed by atoms with Crippen LogP contribution in [0.5, 0.6) is 0 Å². The Balaban J connectivity index is 1.93. The van der Waals surface area contributed by atoms with Gasteiger partial charge in [0.05, 0.1) is 17.4 Å². The Morgan fingerprint density at radius 3 is 2.62 bits per heavy atom. The first-order valence-corrected chi connectivity index (χ1v) is 6.42. The van der Waals surface area contributed by atoms with Crippen LogP contribution in [0.3, 0.4) is 0 Å². The number of nitrogens with zero attached hydrogens (tertiary/aromatic N) is 1. The molecule has 1 atom stereocenters. The minimum Gasteiger partial charge on any atom is -0.387 e. The Kier molecular flexibility index (Phi) is 4.93. The van der Waals surface area contributed by atoms with E-state index in [4.69, 9.17) is 0 Å². The van der Waals surface area contributed by atoms with Crippen LogP contribution in [0.25, 0.3) is 0 Å². The van der Waals surface area contributed by atoms with Crippen molar-refractivity contribution >= 4 is 0 Å². The van der Waals surface area contributed by atoms with E-state index in [2.05, 4.69) is 10.3 Å². The van der Waals surface area contributed by atoms with Gasteiger partial charge in [-0.2, -0.15) is 13.2 Å². The molecule has 1 aromatic carbocycles. The van der Waals surface area contributed by atoms with Gasteiger partial charge >= 0.3 is 6.18 Å². The third kappa shape index (κ3) is 4.54. The molecule has 2 N–H and O–H groups in total. The van der Waals surface area contributed by atoms with E-state index in [0.717, 1.165) is 17.8 Å². The maximum atomic E-state index is 12.6. The number of nitrogens with one attached hydrogen (secondary N) is 1. The molecule has 0 saturated carbocycles. The second kappa shape index (κ2) is 6.69. The number of aliphatic hydroxyl groups excluding tert-OH is 1. The predicted molar refractivity (Wildman–Crippen MR) is 72.3 cm³/mol. The minimum absolute atomic E-state index is 0.151. The summed E-state index contributed by atoms with van der Waals surface area (Å²) in [6, 6.07) is 10.2. The SMILES string of the molecule is OC(CNCc1ccccn1)c1cccc(C(F)(F)F)c1. The molecule has 6 heteroatoms. The van der Waals surface area contributed by atoms with Gasteiger partial charge in [-0.1, -0.05) is 18.2 Å². The summed E-state index contributed by atoms with van der Waals surface area (Å²) in [4.78, 5) is 4.10. The second-order valence-corrected chi connectivity index (χ2v) is 4.59. The average molecular weight is 296 g/mol. The molecule has 112 valence electrons. The summed E-state index contributed by atoms with van der Waals surface area (Å²) in [7, 11) is 0. The lowest BCUT2D eigenvalue weighted by Gasteiger charge is -2.14. The number of hydrogen-bond acceptors (Lipinski definition) is 3. The van der Waals surface area contributed by atoms with E-state index in [0.29, 0.717) is 6.54 Å². The molecule has 1 unspecified atom stereocenters. The van der Waals surface area contributed by atoms with E-state index in [-0.39, 0.29) is 12.1 Å². The first kappa shape index (κ1) is 15.5. The van der Waals surface area contributed by atoms with E-state index < -0.39 is 17.8 Å². The van der Waals surface area contributed by atoms with Gasteiger partial charge in [0.25, 0.3) is 0 Å². The summed E-state index contributed by atoms with van der Waals surface area (Å²) in [6.07, 6.45) is -3.76. The van der Waals surface area contributed by atoms with Crippen molar-refractivity contribution in [2.24, 2.45) is 0 Å². The van der Waals surface area contributed by atoms with Crippen LogP contribution in [-0.2, 0) is 12.7 Å². The number of halogens is 3. The molecule has 2 aromatic rings. The molecule has 0 spiro atoms. The Bertz CT molecular complexity index is 573. The summed E-state index contributed by atoms with van der Waals surface area (Å²) < 4.78 is 37.8. The standard InChI is InChI=1S/C15H15F3N2O/c16-15(17,18)12-5-3-4-11(8-12)14(21)10-19-9-13-6-1-2-7-20-13/h1-8,14,19,21H,9-10H2. The lowest BCUT2D eigenvalue weighted by Crippen LogP contribution is -2.21. The molecule has 1 heterocycles. The topological polar surface area (TPSA) is 45.1 Å². The molecule has 0 amide bonds. The summed E-state index contributed by atoms with van der Waals surface area (Å²) in [5.41, 5.74) is 0.274. The molecular weight excluding hydrogens is 281 g/mol. The first-order chi connectivity index (χ1) is 9.97. The van der Waals surface area contributed by atoms with Crippen LogP contribution in [0.15, 0.2) is 48.7 Å². The van der Waals surface area contributed by atoms with Crippen LogP contribution in [0.2, 0.25) is 0 Å². The Hall–Kier alpha value is -1.92. The van der Waals surface area contributed by atoms with E-state index in [9.17, 15) is 18.3 Å². The Morgan fingerprint density at radius 1 is 1.14 bits per heavy atom. The lowest BCUT2D eigenvalue weighted by atomic mass is 10.1. The van der Waals surface area contributed by atoms with E-state index in [1.807, 2.05) is 12.1 Å². The van der Waals surface area contributed by atoms with E-state index in [1.54, 1.807) is 12.3 Å². The van der Waals surface area contributed by atoms with E-state index in [1.165, 1.54) is 12.1 Å². The average Bonchev–Trinajstić information content (AvgIpc) is 2.47. The molecule has 21 heavy (non-hydrogen) atoms. The van der Waals surface area contributed by atoms with Crippen molar-refractivity contribution in [1.29, 1.82) is 0 Å². The highest BCUT2D eigenvalue weighted by atomic mass is 19.4. The summed E-state index contributed by atoms with van der Waals surface area (Å²) in [5, 5.41) is 12.9. The summed E-state index contributed by atoms with van der Waals surface area (Å²) in [5.74, 6) is 0. The zero-order chi connectivity index (χ0) is 15.3. The molecule has 0 saturated heterocycles. The van der Waals surface area contributed by atoms with E-state index >= 15 is 0 Å². The Morgan fingerprint density at radius 2 is 1.95 bits per heavy atom. The molecule has 1 aromatic heterocycles. The predicted octanol–water partition coefficient (Wildman–Crippen LogP) is 2.92. The van der Waals surface area contributed by atoms with Gasteiger partial charge in [-0.25, -0.2) is 0 Å².